The van der Waals surface area contributed by atoms with Gasteiger partial charge in [-0.2, -0.15) is 0 Å². The van der Waals surface area contributed by atoms with Crippen molar-refractivity contribution in [2.24, 2.45) is 0 Å². The van der Waals surface area contributed by atoms with Gasteiger partial charge in [0.1, 0.15) is 11.3 Å². The number of piperazine rings is 1. The molecule has 5 rings (SSSR count). The van der Waals surface area contributed by atoms with Gasteiger partial charge in [0, 0.05) is 43.5 Å². The molecule has 1 amide bonds. The van der Waals surface area contributed by atoms with Crippen LogP contribution in [0.4, 0.5) is 5.69 Å². The van der Waals surface area contributed by atoms with Gasteiger partial charge in [-0.1, -0.05) is 44.5 Å². The average molecular weight is 494 g/mol. The van der Waals surface area contributed by atoms with Gasteiger partial charge in [-0.05, 0) is 23.8 Å². The van der Waals surface area contributed by atoms with E-state index in [1.54, 1.807) is 15.9 Å². The second kappa shape index (κ2) is 8.64. The van der Waals surface area contributed by atoms with Gasteiger partial charge in [0.15, 0.2) is 5.65 Å². The molecule has 0 radical (unpaired) electrons. The lowest BCUT2D eigenvalue weighted by Crippen LogP contribution is -2.48. The molecule has 182 valence electrons. The number of carbonyl (C=O) groups excluding carboxylic acids is 1. The smallest absolute Gasteiger partial charge is 0.336 e. The molecule has 35 heavy (non-hydrogen) atoms. The highest BCUT2D eigenvalue weighted by atomic mass is 35.5. The van der Waals surface area contributed by atoms with Crippen LogP contribution >= 0.6 is 11.6 Å². The second-order valence-corrected chi connectivity index (χ2v) is 10.4. The summed E-state index contributed by atoms with van der Waals surface area (Å²) in [6, 6.07) is 9.47. The number of pyridine rings is 1. The molecular weight excluding hydrogens is 466 g/mol. The highest BCUT2D eigenvalue weighted by Crippen LogP contribution is 2.26. The molecular formula is C25H28ClN7O2. The number of halogens is 1. The minimum Gasteiger partial charge on any atom is -0.367 e. The predicted octanol–water partition coefficient (Wildman–Crippen LogP) is 3.11. The van der Waals surface area contributed by atoms with Crippen molar-refractivity contribution in [3.05, 3.63) is 63.4 Å². The summed E-state index contributed by atoms with van der Waals surface area (Å²) >= 11 is 6.08. The van der Waals surface area contributed by atoms with Crippen molar-refractivity contribution in [2.75, 3.05) is 31.1 Å². The minimum absolute atomic E-state index is 0.0851. The quantitative estimate of drug-likeness (QED) is 0.435. The monoisotopic (exact) mass is 493 g/mol. The summed E-state index contributed by atoms with van der Waals surface area (Å²) < 4.78 is 3.31. The number of aromatic nitrogens is 5. The van der Waals surface area contributed by atoms with E-state index in [0.29, 0.717) is 60.3 Å². The fourth-order valence-corrected chi connectivity index (χ4v) is 4.65. The van der Waals surface area contributed by atoms with Gasteiger partial charge in [0.05, 0.1) is 23.9 Å². The molecule has 4 aromatic rings. The Balaban J connectivity index is 1.68. The number of amides is 1. The molecule has 1 saturated heterocycles. The predicted molar refractivity (Wildman–Crippen MR) is 136 cm³/mol. The summed E-state index contributed by atoms with van der Waals surface area (Å²) in [5, 5.41) is 9.38. The molecule has 0 saturated carbocycles. The number of carbonyl (C=O) groups is 1. The summed E-state index contributed by atoms with van der Waals surface area (Å²) in [4.78, 5) is 34.4. The maximum Gasteiger partial charge on any atom is 0.336 e. The Morgan fingerprint density at radius 2 is 1.74 bits per heavy atom. The molecule has 3 aromatic heterocycles. The van der Waals surface area contributed by atoms with E-state index < -0.39 is 0 Å². The maximum atomic E-state index is 13.9. The van der Waals surface area contributed by atoms with E-state index in [4.69, 9.17) is 16.6 Å². The van der Waals surface area contributed by atoms with Crippen molar-refractivity contribution in [3.63, 3.8) is 0 Å². The first kappa shape index (κ1) is 23.3. The van der Waals surface area contributed by atoms with Crippen LogP contribution in [0.25, 0.3) is 16.7 Å². The van der Waals surface area contributed by atoms with Crippen molar-refractivity contribution < 1.29 is 4.79 Å². The number of rotatable bonds is 3. The van der Waals surface area contributed by atoms with Crippen LogP contribution in [0.15, 0.2) is 41.3 Å². The van der Waals surface area contributed by atoms with Gasteiger partial charge in [-0.15, -0.1) is 10.2 Å². The fourth-order valence-electron chi connectivity index (χ4n) is 4.53. The molecule has 1 aliphatic rings. The van der Waals surface area contributed by atoms with E-state index in [1.807, 2.05) is 62.2 Å². The fraction of sp³-hybridized carbons (Fsp3) is 0.400. The van der Waals surface area contributed by atoms with Crippen molar-refractivity contribution in [1.82, 2.24) is 29.0 Å². The molecule has 0 spiro atoms. The number of hydrogen-bond donors (Lipinski definition) is 0. The normalized spacial score (nSPS) is 14.8. The molecule has 1 aliphatic heterocycles. The zero-order chi connectivity index (χ0) is 24.9. The van der Waals surface area contributed by atoms with Gasteiger partial charge in [-0.25, -0.2) is 14.2 Å². The highest BCUT2D eigenvalue weighted by Gasteiger charge is 2.26. The Morgan fingerprint density at radius 3 is 2.37 bits per heavy atom. The first-order valence-electron chi connectivity index (χ1n) is 11.7. The van der Waals surface area contributed by atoms with Gasteiger partial charge in [0.2, 0.25) is 5.91 Å². The Labute approximate surface area is 207 Å². The van der Waals surface area contributed by atoms with E-state index in [0.717, 1.165) is 11.3 Å². The number of anilines is 1. The molecule has 9 nitrogen and oxygen atoms in total. The van der Waals surface area contributed by atoms with E-state index in [9.17, 15) is 9.59 Å². The van der Waals surface area contributed by atoms with E-state index >= 15 is 0 Å². The van der Waals surface area contributed by atoms with Crippen molar-refractivity contribution >= 4 is 39.9 Å². The molecule has 0 atom stereocenters. The number of benzene rings is 1. The Bertz CT molecular complexity index is 1480. The largest absolute Gasteiger partial charge is 0.367 e. The third-order valence-electron chi connectivity index (χ3n) is 6.46. The van der Waals surface area contributed by atoms with Crippen molar-refractivity contribution in [1.29, 1.82) is 0 Å². The van der Waals surface area contributed by atoms with Crippen LogP contribution in [-0.4, -0.2) is 61.1 Å². The number of fused-ring (bicyclic) bond motifs is 3. The molecule has 1 aromatic carbocycles. The first-order valence-corrected chi connectivity index (χ1v) is 12.0. The summed E-state index contributed by atoms with van der Waals surface area (Å²) in [5.74, 6) is 0.678. The average Bonchev–Trinajstić information content (AvgIpc) is 3.29. The van der Waals surface area contributed by atoms with Crippen LogP contribution in [0.2, 0.25) is 5.02 Å². The number of hydrogen-bond acceptors (Lipinski definition) is 6. The second-order valence-electron chi connectivity index (χ2n) is 9.98. The first-order chi connectivity index (χ1) is 16.6. The molecule has 10 heteroatoms. The van der Waals surface area contributed by atoms with Crippen LogP contribution in [0.1, 0.15) is 39.1 Å². The van der Waals surface area contributed by atoms with Crippen LogP contribution in [-0.2, 0) is 16.8 Å². The molecule has 0 N–H and O–H groups in total. The van der Waals surface area contributed by atoms with Crippen LogP contribution in [0.5, 0.6) is 0 Å². The molecule has 4 heterocycles. The lowest BCUT2D eigenvalue weighted by molar-refractivity contribution is -0.129. The zero-order valence-corrected chi connectivity index (χ0v) is 21.1. The third-order valence-corrected chi connectivity index (χ3v) is 6.71. The summed E-state index contributed by atoms with van der Waals surface area (Å²) in [6.07, 6.45) is 1.81. The summed E-state index contributed by atoms with van der Waals surface area (Å²) in [7, 11) is 0. The Hall–Kier alpha value is -3.46. The lowest BCUT2D eigenvalue weighted by atomic mass is 9.96. The molecule has 0 bridgehead atoms. The Kier molecular flexibility index (Phi) is 5.75. The molecule has 0 unspecified atom stereocenters. The summed E-state index contributed by atoms with van der Waals surface area (Å²) in [5.41, 5.74) is 3.03. The Morgan fingerprint density at radius 1 is 1.06 bits per heavy atom. The van der Waals surface area contributed by atoms with Crippen molar-refractivity contribution in [2.45, 2.75) is 39.7 Å². The molecule has 1 fully saturated rings. The SMILES string of the molecule is CC(=O)N1CCN(c2cnc3c(c2)n(Cc2ccc(Cl)cc2)c(=O)n2c(C(C)(C)C)nnc32)CC1. The van der Waals surface area contributed by atoms with E-state index in [1.165, 1.54) is 0 Å². The lowest BCUT2D eigenvalue weighted by Gasteiger charge is -2.35. The standard InChI is InChI=1S/C25H28ClN7O2/c1-16(34)30-9-11-31(12-10-30)19-13-20-21(27-14-19)22-28-29-23(25(2,3)4)33(22)24(35)32(20)15-17-5-7-18(26)8-6-17/h5-8,13-14H,9-12,15H2,1-4H3. The number of nitrogens with zero attached hydrogens (tertiary/aromatic N) is 7. The minimum atomic E-state index is -0.374. The topological polar surface area (TPSA) is 88.6 Å². The highest BCUT2D eigenvalue weighted by molar-refractivity contribution is 6.30. The van der Waals surface area contributed by atoms with Gasteiger partial charge >= 0.3 is 5.69 Å². The third kappa shape index (κ3) is 4.25. The van der Waals surface area contributed by atoms with E-state index in [2.05, 4.69) is 15.1 Å². The van der Waals surface area contributed by atoms with Crippen LogP contribution in [0, 0.1) is 0 Å². The van der Waals surface area contributed by atoms with Gasteiger partial charge in [0.25, 0.3) is 0 Å². The van der Waals surface area contributed by atoms with Crippen LogP contribution in [0.3, 0.4) is 0 Å². The van der Waals surface area contributed by atoms with E-state index in [-0.39, 0.29) is 17.0 Å². The van der Waals surface area contributed by atoms with Crippen molar-refractivity contribution in [3.8, 4) is 0 Å². The zero-order valence-electron chi connectivity index (χ0n) is 20.3. The van der Waals surface area contributed by atoms with Gasteiger partial charge < -0.3 is 9.80 Å². The molecule has 0 aliphatic carbocycles. The maximum absolute atomic E-state index is 13.9. The van der Waals surface area contributed by atoms with Gasteiger partial charge in [-0.3, -0.25) is 9.36 Å². The van der Waals surface area contributed by atoms with Crippen LogP contribution < -0.4 is 10.6 Å². The summed E-state index contributed by atoms with van der Waals surface area (Å²) in [6.45, 7) is 10.7.